The maximum absolute atomic E-state index is 12.5. The largest absolute Gasteiger partial charge is 0.458 e. The quantitative estimate of drug-likeness (QED) is 0.346. The third-order valence-corrected chi connectivity index (χ3v) is 7.84. The van der Waals surface area contributed by atoms with Gasteiger partial charge >= 0.3 is 5.97 Å². The maximum Gasteiger partial charge on any atom is 0.309 e. The van der Waals surface area contributed by atoms with Crippen LogP contribution in [0.1, 0.15) is 59.8 Å². The van der Waals surface area contributed by atoms with E-state index >= 15 is 0 Å². The van der Waals surface area contributed by atoms with Crippen LogP contribution in [0, 0.1) is 28.6 Å². The summed E-state index contributed by atoms with van der Waals surface area (Å²) in [5.41, 5.74) is -0.496. The van der Waals surface area contributed by atoms with Crippen molar-refractivity contribution in [2.24, 2.45) is 28.6 Å². The van der Waals surface area contributed by atoms with Gasteiger partial charge in [-0.1, -0.05) is 52.5 Å². The summed E-state index contributed by atoms with van der Waals surface area (Å²) in [6.07, 6.45) is 6.09. The SMILES string of the molecule is C=CC(=C)CCC1(C)C(C)CC(O)C2(C=O)C(C=O)=CC(OC(=O)C(C)CC)CC12. The highest BCUT2D eigenvalue weighted by Crippen LogP contribution is 2.61. The molecule has 0 heterocycles. The zero-order valence-corrected chi connectivity index (χ0v) is 18.7. The smallest absolute Gasteiger partial charge is 0.309 e. The summed E-state index contributed by atoms with van der Waals surface area (Å²) < 4.78 is 5.72. The second-order valence-corrected chi connectivity index (χ2v) is 9.38. The standard InChI is InChI=1S/C25H36O5/c1-7-16(3)9-10-24(6)18(5)11-22(28)25(15-27)19(14-26)12-20(13-21(24)25)30-23(29)17(4)8-2/h7,12,14-15,17-18,20-22,28H,1,3,8-11,13H2,2,4-6H3. The summed E-state index contributed by atoms with van der Waals surface area (Å²) in [6.45, 7) is 15.7. The summed E-state index contributed by atoms with van der Waals surface area (Å²) in [5, 5.41) is 11.0. The molecule has 1 N–H and O–H groups in total. The van der Waals surface area contributed by atoms with Crippen molar-refractivity contribution >= 4 is 18.5 Å². The summed E-state index contributed by atoms with van der Waals surface area (Å²) in [6, 6.07) is 0. The van der Waals surface area contributed by atoms with E-state index in [9.17, 15) is 19.5 Å². The van der Waals surface area contributed by atoms with Gasteiger partial charge in [-0.15, -0.1) is 0 Å². The number of aldehydes is 2. The van der Waals surface area contributed by atoms with Crippen LogP contribution in [0.5, 0.6) is 0 Å². The minimum Gasteiger partial charge on any atom is -0.458 e. The van der Waals surface area contributed by atoms with Crippen molar-refractivity contribution < 1.29 is 24.2 Å². The number of hydrogen-bond donors (Lipinski definition) is 1. The number of aliphatic hydroxyl groups is 1. The van der Waals surface area contributed by atoms with Crippen molar-refractivity contribution in [3.05, 3.63) is 36.5 Å². The molecule has 0 radical (unpaired) electrons. The second-order valence-electron chi connectivity index (χ2n) is 9.38. The van der Waals surface area contributed by atoms with Crippen molar-refractivity contribution in [3.63, 3.8) is 0 Å². The molecule has 1 saturated carbocycles. The van der Waals surface area contributed by atoms with Crippen LogP contribution < -0.4 is 0 Å². The van der Waals surface area contributed by atoms with Crippen LogP contribution in [0.2, 0.25) is 0 Å². The van der Waals surface area contributed by atoms with Gasteiger partial charge in [-0.25, -0.2) is 0 Å². The van der Waals surface area contributed by atoms with E-state index < -0.39 is 17.6 Å². The van der Waals surface area contributed by atoms with Crippen molar-refractivity contribution in [1.29, 1.82) is 0 Å². The van der Waals surface area contributed by atoms with Crippen LogP contribution in [0.3, 0.4) is 0 Å². The fourth-order valence-corrected chi connectivity index (χ4v) is 5.26. The van der Waals surface area contributed by atoms with Gasteiger partial charge in [0.25, 0.3) is 0 Å². The number of esters is 1. The normalized spacial score (nSPS) is 36.6. The van der Waals surface area contributed by atoms with Crippen molar-refractivity contribution in [1.82, 2.24) is 0 Å². The lowest BCUT2D eigenvalue weighted by atomic mass is 9.45. The zero-order valence-electron chi connectivity index (χ0n) is 18.7. The molecule has 0 aromatic carbocycles. The summed E-state index contributed by atoms with van der Waals surface area (Å²) >= 11 is 0. The van der Waals surface area contributed by atoms with Gasteiger partial charge in [-0.3, -0.25) is 9.59 Å². The Hall–Kier alpha value is -2.01. The first kappa shape index (κ1) is 24.3. The van der Waals surface area contributed by atoms with Crippen molar-refractivity contribution in [2.45, 2.75) is 72.0 Å². The number of fused-ring (bicyclic) bond motifs is 1. The molecule has 166 valence electrons. The highest BCUT2D eigenvalue weighted by atomic mass is 16.5. The summed E-state index contributed by atoms with van der Waals surface area (Å²) in [4.78, 5) is 36.9. The highest BCUT2D eigenvalue weighted by molar-refractivity contribution is 5.86. The number of aliphatic hydroxyl groups excluding tert-OH is 1. The van der Waals surface area contributed by atoms with Crippen LogP contribution in [-0.2, 0) is 19.1 Å². The van der Waals surface area contributed by atoms with E-state index in [-0.39, 0.29) is 34.7 Å². The minimum atomic E-state index is -1.28. The molecule has 0 amide bonds. The van der Waals surface area contributed by atoms with Gasteiger partial charge in [0.2, 0.25) is 0 Å². The summed E-state index contributed by atoms with van der Waals surface area (Å²) in [7, 11) is 0. The molecular weight excluding hydrogens is 380 g/mol. The van der Waals surface area contributed by atoms with Gasteiger partial charge in [-0.2, -0.15) is 0 Å². The second kappa shape index (κ2) is 9.42. The topological polar surface area (TPSA) is 80.7 Å². The first-order chi connectivity index (χ1) is 14.1. The fourth-order valence-electron chi connectivity index (χ4n) is 5.26. The van der Waals surface area contributed by atoms with Gasteiger partial charge < -0.3 is 14.6 Å². The van der Waals surface area contributed by atoms with E-state index in [0.717, 1.165) is 18.3 Å². The van der Waals surface area contributed by atoms with Crippen LogP contribution in [-0.4, -0.2) is 35.9 Å². The third-order valence-electron chi connectivity index (χ3n) is 7.84. The van der Waals surface area contributed by atoms with Crippen LogP contribution >= 0.6 is 0 Å². The molecule has 2 rings (SSSR count). The lowest BCUT2D eigenvalue weighted by molar-refractivity contribution is -0.167. The molecule has 0 aromatic heterocycles. The Kier molecular flexibility index (Phi) is 7.62. The molecule has 5 heteroatoms. The lowest BCUT2D eigenvalue weighted by Gasteiger charge is -2.59. The van der Waals surface area contributed by atoms with Crippen LogP contribution in [0.25, 0.3) is 0 Å². The molecule has 0 saturated heterocycles. The molecule has 0 spiro atoms. The number of hydrogen-bond acceptors (Lipinski definition) is 5. The van der Waals surface area contributed by atoms with Gasteiger partial charge in [0, 0.05) is 5.57 Å². The Morgan fingerprint density at radius 2 is 2.07 bits per heavy atom. The molecule has 0 bridgehead atoms. The van der Waals surface area contributed by atoms with Gasteiger partial charge in [0.15, 0.2) is 0 Å². The molecule has 0 aromatic rings. The number of ether oxygens (including phenoxy) is 1. The molecular formula is C25H36O5. The minimum absolute atomic E-state index is 0.111. The Labute approximate surface area is 180 Å². The summed E-state index contributed by atoms with van der Waals surface area (Å²) in [5.74, 6) is -0.776. The van der Waals surface area contributed by atoms with Crippen molar-refractivity contribution in [3.8, 4) is 0 Å². The Morgan fingerprint density at radius 3 is 2.60 bits per heavy atom. The van der Waals surface area contributed by atoms with E-state index in [1.165, 1.54) is 0 Å². The molecule has 7 unspecified atom stereocenters. The Balaban J connectivity index is 2.51. The number of carbonyl (C=O) groups excluding carboxylic acids is 3. The molecule has 0 aliphatic heterocycles. The molecule has 5 nitrogen and oxygen atoms in total. The molecule has 1 fully saturated rings. The third kappa shape index (κ3) is 4.09. The Bertz CT molecular complexity index is 738. The van der Waals surface area contributed by atoms with Crippen LogP contribution in [0.15, 0.2) is 36.5 Å². The molecule has 2 aliphatic carbocycles. The van der Waals surface area contributed by atoms with E-state index in [1.807, 2.05) is 13.8 Å². The fraction of sp³-hybridized carbons (Fsp3) is 0.640. The van der Waals surface area contributed by atoms with Crippen LogP contribution in [0.4, 0.5) is 0 Å². The highest BCUT2D eigenvalue weighted by Gasteiger charge is 2.62. The first-order valence-corrected chi connectivity index (χ1v) is 10.9. The molecule has 30 heavy (non-hydrogen) atoms. The average Bonchev–Trinajstić information content (AvgIpc) is 2.74. The number of allylic oxidation sites excluding steroid dienone is 2. The molecule has 7 atom stereocenters. The monoisotopic (exact) mass is 416 g/mol. The Morgan fingerprint density at radius 1 is 1.40 bits per heavy atom. The van der Waals surface area contributed by atoms with E-state index in [2.05, 4.69) is 27.0 Å². The zero-order chi connectivity index (χ0) is 22.7. The predicted octanol–water partition coefficient (Wildman–Crippen LogP) is 4.20. The molecule has 2 aliphatic rings. The number of rotatable bonds is 9. The predicted molar refractivity (Wildman–Crippen MR) is 117 cm³/mol. The van der Waals surface area contributed by atoms with Crippen molar-refractivity contribution in [2.75, 3.05) is 0 Å². The van der Waals surface area contributed by atoms with E-state index in [0.29, 0.717) is 32.0 Å². The average molecular weight is 417 g/mol. The first-order valence-electron chi connectivity index (χ1n) is 10.9. The number of carbonyl (C=O) groups is 3. The van der Waals surface area contributed by atoms with E-state index in [4.69, 9.17) is 4.74 Å². The lowest BCUT2D eigenvalue weighted by Crippen LogP contribution is -2.60. The maximum atomic E-state index is 12.5. The van der Waals surface area contributed by atoms with E-state index in [1.54, 1.807) is 12.2 Å². The van der Waals surface area contributed by atoms with Gasteiger partial charge in [-0.05, 0) is 55.4 Å². The van der Waals surface area contributed by atoms with Gasteiger partial charge in [0.05, 0.1) is 17.4 Å². The van der Waals surface area contributed by atoms with Gasteiger partial charge in [0.1, 0.15) is 18.7 Å².